The molecular formula is C16H14ClN3O3S. The Morgan fingerprint density at radius 2 is 2.08 bits per heavy atom. The molecule has 1 aliphatic heterocycles. The molecule has 0 saturated carbocycles. The quantitative estimate of drug-likeness (QED) is 0.493. The number of hydrogen-bond acceptors (Lipinski definition) is 6. The van der Waals surface area contributed by atoms with Crippen molar-refractivity contribution in [3.63, 3.8) is 0 Å². The van der Waals surface area contributed by atoms with E-state index in [1.165, 1.54) is 42.6 Å². The molecular weight excluding hydrogens is 350 g/mol. The second-order valence-corrected chi connectivity index (χ2v) is 7.60. The van der Waals surface area contributed by atoms with Gasteiger partial charge in [0.15, 0.2) is 20.2 Å². The Morgan fingerprint density at radius 3 is 2.62 bits per heavy atom. The Bertz CT molecular complexity index is 866. The molecule has 1 aromatic rings. The van der Waals surface area contributed by atoms with Gasteiger partial charge in [-0.05, 0) is 12.1 Å². The van der Waals surface area contributed by atoms with E-state index in [4.69, 9.17) is 27.0 Å². The van der Waals surface area contributed by atoms with Crippen molar-refractivity contribution in [3.05, 3.63) is 60.3 Å². The van der Waals surface area contributed by atoms with Crippen LogP contribution in [0.15, 0.2) is 65.2 Å². The van der Waals surface area contributed by atoms with Gasteiger partial charge in [0.05, 0.1) is 17.9 Å². The monoisotopic (exact) mass is 363 g/mol. The van der Waals surface area contributed by atoms with Crippen LogP contribution < -0.4 is 0 Å². The third-order valence-electron chi connectivity index (χ3n) is 3.42. The molecule has 0 bridgehead atoms. The van der Waals surface area contributed by atoms with Crippen LogP contribution in [0.4, 0.5) is 0 Å². The van der Waals surface area contributed by atoms with E-state index in [1.807, 2.05) is 11.9 Å². The zero-order valence-electron chi connectivity index (χ0n) is 12.7. The van der Waals surface area contributed by atoms with Crippen LogP contribution in [-0.2, 0) is 14.6 Å². The van der Waals surface area contributed by atoms with Crippen molar-refractivity contribution < 1.29 is 13.2 Å². The summed E-state index contributed by atoms with van der Waals surface area (Å²) in [7, 11) is -2.40. The molecule has 8 heteroatoms. The first-order valence-corrected chi connectivity index (χ1v) is 8.79. The highest BCUT2D eigenvalue weighted by atomic mass is 35.5. The number of halogens is 1. The van der Waals surface area contributed by atoms with E-state index in [2.05, 4.69) is 0 Å². The molecule has 1 aromatic carbocycles. The van der Waals surface area contributed by atoms with Gasteiger partial charge in [0.25, 0.3) is 0 Å². The molecule has 6 nitrogen and oxygen atoms in total. The van der Waals surface area contributed by atoms with Gasteiger partial charge in [0.2, 0.25) is 0 Å². The molecule has 0 amide bonds. The topological polar surface area (TPSA) is 94.2 Å². The molecule has 24 heavy (non-hydrogen) atoms. The lowest BCUT2D eigenvalue weighted by molar-refractivity contribution is 0.247. The highest BCUT2D eigenvalue weighted by Gasteiger charge is 2.36. The van der Waals surface area contributed by atoms with Crippen LogP contribution in [0.5, 0.6) is 0 Å². The average molecular weight is 364 g/mol. The van der Waals surface area contributed by atoms with Gasteiger partial charge in [-0.25, -0.2) is 8.42 Å². The fraction of sp³-hybridized carbons (Fsp3) is 0.188. The number of nitrogens with zero attached hydrogens (tertiary/aromatic N) is 2. The number of benzene rings is 1. The smallest absolute Gasteiger partial charge is 0.196 e. The highest BCUT2D eigenvalue weighted by Crippen LogP contribution is 2.33. The van der Waals surface area contributed by atoms with Crippen LogP contribution in [0.2, 0.25) is 0 Å². The van der Waals surface area contributed by atoms with Crippen LogP contribution in [0.25, 0.3) is 0 Å². The van der Waals surface area contributed by atoms with Gasteiger partial charge in [0, 0.05) is 18.3 Å². The van der Waals surface area contributed by atoms with Crippen LogP contribution in [0.1, 0.15) is 0 Å². The van der Waals surface area contributed by atoms with Gasteiger partial charge in [-0.2, -0.15) is 5.26 Å². The Hall–Kier alpha value is -2.52. The van der Waals surface area contributed by atoms with Crippen molar-refractivity contribution in [2.24, 2.45) is 5.92 Å². The lowest BCUT2D eigenvalue weighted by Gasteiger charge is -2.27. The Morgan fingerprint density at radius 1 is 1.42 bits per heavy atom. The number of nitrogens with one attached hydrogen (secondary N) is 1. The summed E-state index contributed by atoms with van der Waals surface area (Å²) in [5.74, 6) is 1.53. The first-order chi connectivity index (χ1) is 11.5. The van der Waals surface area contributed by atoms with Crippen LogP contribution in [0, 0.1) is 22.7 Å². The van der Waals surface area contributed by atoms with Gasteiger partial charge >= 0.3 is 0 Å². The normalized spacial score (nSPS) is 18.1. The fourth-order valence-electron chi connectivity index (χ4n) is 2.17. The zero-order chi connectivity index (χ0) is 17.7. The summed E-state index contributed by atoms with van der Waals surface area (Å²) in [5.41, 5.74) is -0.0590. The summed E-state index contributed by atoms with van der Waals surface area (Å²) >= 11 is 6.25. The summed E-state index contributed by atoms with van der Waals surface area (Å²) in [4.78, 5) is 1.44. The van der Waals surface area contributed by atoms with E-state index >= 15 is 0 Å². The minimum absolute atomic E-state index is 0.0590. The van der Waals surface area contributed by atoms with E-state index in [1.54, 1.807) is 18.2 Å². The van der Waals surface area contributed by atoms with Gasteiger partial charge in [-0.1, -0.05) is 24.3 Å². The molecule has 0 spiro atoms. The summed E-state index contributed by atoms with van der Waals surface area (Å²) in [6, 6.07) is 9.72. The van der Waals surface area contributed by atoms with E-state index in [0.29, 0.717) is 0 Å². The summed E-state index contributed by atoms with van der Waals surface area (Å²) < 4.78 is 29.3. The molecule has 124 valence electrons. The number of ether oxygens (including phenoxy) is 1. The Balaban J connectivity index is 2.36. The van der Waals surface area contributed by atoms with E-state index in [9.17, 15) is 8.42 Å². The lowest BCUT2D eigenvalue weighted by atomic mass is 10.1. The molecule has 0 radical (unpaired) electrons. The minimum atomic E-state index is -3.78. The molecule has 0 aromatic heterocycles. The van der Waals surface area contributed by atoms with Crippen molar-refractivity contribution in [1.82, 2.24) is 4.90 Å². The van der Waals surface area contributed by atoms with E-state index < -0.39 is 20.5 Å². The van der Waals surface area contributed by atoms with Crippen molar-refractivity contribution in [3.8, 4) is 6.07 Å². The standard InChI is InChI=1S/C16H14ClN3O3S/c1-23-15-11-20(12(9-18)10-19)8-7-14(15)16(17)24(21,22)13-5-3-2-4-6-13/h2-8,11,14,16,18H,1H3. The molecule has 1 N–H and O–H groups in total. The molecule has 2 unspecified atom stereocenters. The number of methoxy groups -OCH3 is 1. The second-order valence-electron chi connectivity index (χ2n) is 4.80. The van der Waals surface area contributed by atoms with Crippen LogP contribution >= 0.6 is 11.6 Å². The fourth-order valence-corrected chi connectivity index (χ4v) is 4.10. The maximum atomic E-state index is 12.7. The van der Waals surface area contributed by atoms with E-state index in [-0.39, 0.29) is 16.4 Å². The number of sulfone groups is 1. The predicted octanol–water partition coefficient (Wildman–Crippen LogP) is 2.61. The molecule has 0 saturated heterocycles. The van der Waals surface area contributed by atoms with Gasteiger partial charge in [-0.3, -0.25) is 5.41 Å². The lowest BCUT2D eigenvalue weighted by Crippen LogP contribution is -2.29. The first kappa shape index (κ1) is 17.8. The third kappa shape index (κ3) is 3.36. The Kier molecular flexibility index (Phi) is 5.47. The number of allylic oxidation sites excluding steroid dienone is 2. The van der Waals surface area contributed by atoms with Gasteiger partial charge in [-0.15, -0.1) is 11.6 Å². The first-order valence-electron chi connectivity index (χ1n) is 6.81. The summed E-state index contributed by atoms with van der Waals surface area (Å²) in [6.07, 6.45) is 4.40. The van der Waals surface area contributed by atoms with Crippen LogP contribution in [-0.4, -0.2) is 31.0 Å². The number of hydrogen-bond donors (Lipinski definition) is 1. The minimum Gasteiger partial charge on any atom is -0.499 e. The maximum absolute atomic E-state index is 12.7. The highest BCUT2D eigenvalue weighted by molar-refractivity contribution is 7.93. The largest absolute Gasteiger partial charge is 0.499 e. The van der Waals surface area contributed by atoms with Crippen LogP contribution in [0.3, 0.4) is 0 Å². The second kappa shape index (κ2) is 7.37. The number of nitriles is 1. The predicted molar refractivity (Wildman–Crippen MR) is 89.7 cm³/mol. The van der Waals surface area contributed by atoms with Crippen molar-refractivity contribution in [2.45, 2.75) is 9.60 Å². The summed E-state index contributed by atoms with van der Waals surface area (Å²) in [5, 5.41) is 16.0. The maximum Gasteiger partial charge on any atom is 0.196 e. The van der Waals surface area contributed by atoms with Crippen molar-refractivity contribution in [2.75, 3.05) is 7.11 Å². The average Bonchev–Trinajstić information content (AvgIpc) is 2.62. The number of alkyl halides is 1. The molecule has 0 aliphatic carbocycles. The molecule has 1 heterocycles. The molecule has 1 aliphatic rings. The SMILES string of the molecule is COC1=CN(C(=C=N)C#N)C=CC1C(Cl)S(=O)(=O)c1ccccc1. The zero-order valence-corrected chi connectivity index (χ0v) is 14.3. The summed E-state index contributed by atoms with van der Waals surface area (Å²) in [6.45, 7) is 0. The van der Waals surface area contributed by atoms with Crippen molar-refractivity contribution >= 4 is 27.3 Å². The van der Waals surface area contributed by atoms with Gasteiger partial charge in [0.1, 0.15) is 11.8 Å². The molecule has 0 fully saturated rings. The van der Waals surface area contributed by atoms with Gasteiger partial charge < -0.3 is 9.64 Å². The third-order valence-corrected chi connectivity index (χ3v) is 6.21. The van der Waals surface area contributed by atoms with Crippen molar-refractivity contribution in [1.29, 1.82) is 10.7 Å². The van der Waals surface area contributed by atoms with E-state index in [0.717, 1.165) is 0 Å². The molecule has 2 rings (SSSR count). The molecule has 2 atom stereocenters. The number of rotatable bonds is 5. The Labute approximate surface area is 145 Å².